The molecule has 1 unspecified atom stereocenters. The maximum Gasteiger partial charge on any atom is 0.0440 e. The lowest BCUT2D eigenvalue weighted by molar-refractivity contribution is 0.274. The lowest BCUT2D eigenvalue weighted by Crippen LogP contribution is -2.35. The molecule has 2 heteroatoms. The van der Waals surface area contributed by atoms with Crippen molar-refractivity contribution in [3.05, 3.63) is 34.3 Å². The van der Waals surface area contributed by atoms with E-state index in [2.05, 4.69) is 44.3 Å². The van der Waals surface area contributed by atoms with Crippen molar-refractivity contribution in [2.45, 2.75) is 58.9 Å². The molecule has 0 heterocycles. The lowest BCUT2D eigenvalue weighted by atomic mass is 9.79. The number of aryl methyl sites for hydroxylation is 1. The molecule has 19 heavy (non-hydrogen) atoms. The van der Waals surface area contributed by atoms with Gasteiger partial charge < -0.3 is 5.32 Å². The first-order valence-corrected chi connectivity index (χ1v) is 7.89. The first-order chi connectivity index (χ1) is 9.02. The Morgan fingerprint density at radius 3 is 2.68 bits per heavy atom. The van der Waals surface area contributed by atoms with Crippen LogP contribution < -0.4 is 5.32 Å². The Balaban J connectivity index is 2.04. The van der Waals surface area contributed by atoms with Gasteiger partial charge in [-0.25, -0.2) is 0 Å². The molecule has 1 nitrogen and oxygen atoms in total. The molecule has 1 aromatic rings. The third kappa shape index (κ3) is 4.50. The van der Waals surface area contributed by atoms with Gasteiger partial charge in [0.1, 0.15) is 0 Å². The average Bonchev–Trinajstić information content (AvgIpc) is 3.15. The third-order valence-electron chi connectivity index (χ3n) is 4.07. The molecule has 1 aliphatic carbocycles. The van der Waals surface area contributed by atoms with Gasteiger partial charge in [0.05, 0.1) is 0 Å². The van der Waals surface area contributed by atoms with Gasteiger partial charge in [-0.3, -0.25) is 0 Å². The van der Waals surface area contributed by atoms with Crippen molar-refractivity contribution < 1.29 is 0 Å². The van der Waals surface area contributed by atoms with Crippen LogP contribution in [0, 0.1) is 12.3 Å². The predicted molar refractivity (Wildman–Crippen MR) is 83.9 cm³/mol. The number of nitrogens with one attached hydrogen (secondary N) is 1. The molecule has 106 valence electrons. The summed E-state index contributed by atoms with van der Waals surface area (Å²) in [7, 11) is 0. The van der Waals surface area contributed by atoms with Crippen molar-refractivity contribution in [1.82, 2.24) is 5.32 Å². The van der Waals surface area contributed by atoms with E-state index in [9.17, 15) is 0 Å². The molecule has 0 amide bonds. The summed E-state index contributed by atoms with van der Waals surface area (Å²) in [6.45, 7) is 7.86. The minimum Gasteiger partial charge on any atom is -0.313 e. The van der Waals surface area contributed by atoms with Gasteiger partial charge in [0.15, 0.2) is 0 Å². The van der Waals surface area contributed by atoms with Crippen LogP contribution in [-0.2, 0) is 6.42 Å². The molecule has 2 rings (SSSR count). The summed E-state index contributed by atoms with van der Waals surface area (Å²) in [6, 6.07) is 7.23. The molecular weight excluding hydrogens is 254 g/mol. The molecule has 1 saturated carbocycles. The molecule has 0 spiro atoms. The fourth-order valence-electron chi connectivity index (χ4n) is 2.78. The molecule has 0 aliphatic heterocycles. The summed E-state index contributed by atoms with van der Waals surface area (Å²) < 4.78 is 0. The molecule has 1 N–H and O–H groups in total. The Morgan fingerprint density at radius 2 is 2.11 bits per heavy atom. The lowest BCUT2D eigenvalue weighted by Gasteiger charge is -2.30. The van der Waals surface area contributed by atoms with Crippen LogP contribution >= 0.6 is 11.6 Å². The minimum atomic E-state index is 0.316. The van der Waals surface area contributed by atoms with Crippen molar-refractivity contribution in [3.8, 4) is 0 Å². The number of benzene rings is 1. The predicted octanol–water partition coefficient (Wildman–Crippen LogP) is 4.75. The third-order valence-corrected chi connectivity index (χ3v) is 4.43. The van der Waals surface area contributed by atoms with Crippen LogP contribution in [0.15, 0.2) is 18.2 Å². The number of rotatable bonds is 7. The first kappa shape index (κ1) is 14.9. The van der Waals surface area contributed by atoms with E-state index >= 15 is 0 Å². The van der Waals surface area contributed by atoms with Crippen molar-refractivity contribution in [1.29, 1.82) is 0 Å². The Labute approximate surface area is 122 Å². The smallest absolute Gasteiger partial charge is 0.0440 e. The van der Waals surface area contributed by atoms with Gasteiger partial charge in [0.25, 0.3) is 0 Å². The van der Waals surface area contributed by atoms with E-state index in [1.165, 1.54) is 36.8 Å². The maximum absolute atomic E-state index is 6.39. The van der Waals surface area contributed by atoms with Gasteiger partial charge >= 0.3 is 0 Å². The first-order valence-electron chi connectivity index (χ1n) is 7.51. The van der Waals surface area contributed by atoms with Crippen molar-refractivity contribution in [3.63, 3.8) is 0 Å². The normalized spacial score (nSPS) is 18.3. The highest BCUT2D eigenvalue weighted by Crippen LogP contribution is 2.32. The Kier molecular flexibility index (Phi) is 4.92. The van der Waals surface area contributed by atoms with E-state index in [0.29, 0.717) is 5.41 Å². The monoisotopic (exact) mass is 279 g/mol. The van der Waals surface area contributed by atoms with Gasteiger partial charge in [0, 0.05) is 17.6 Å². The van der Waals surface area contributed by atoms with Crippen LogP contribution in [-0.4, -0.2) is 12.6 Å². The molecule has 1 atom stereocenters. The molecule has 0 bridgehead atoms. The second-order valence-corrected chi connectivity index (χ2v) is 6.89. The van der Waals surface area contributed by atoms with E-state index in [1.54, 1.807) is 0 Å². The molecule has 1 aliphatic rings. The highest BCUT2D eigenvalue weighted by atomic mass is 35.5. The Bertz CT molecular complexity index is 425. The Hall–Kier alpha value is -0.530. The number of halogens is 1. The van der Waals surface area contributed by atoms with Crippen LogP contribution in [0.1, 0.15) is 50.7 Å². The zero-order valence-electron chi connectivity index (χ0n) is 12.4. The van der Waals surface area contributed by atoms with Gasteiger partial charge in [-0.15, -0.1) is 0 Å². The molecule has 1 aromatic carbocycles. The molecule has 0 saturated heterocycles. The van der Waals surface area contributed by atoms with E-state index in [-0.39, 0.29) is 0 Å². The average molecular weight is 280 g/mol. The SMILES string of the molecule is CCCC(C)(CNC1CC1)Cc1ccc(C)cc1Cl. The summed E-state index contributed by atoms with van der Waals surface area (Å²) in [6.07, 6.45) is 6.25. The summed E-state index contributed by atoms with van der Waals surface area (Å²) in [5.41, 5.74) is 2.85. The molecule has 0 aromatic heterocycles. The van der Waals surface area contributed by atoms with Crippen LogP contribution in [0.5, 0.6) is 0 Å². The highest BCUT2D eigenvalue weighted by Gasteiger charge is 2.28. The molecule has 0 radical (unpaired) electrons. The summed E-state index contributed by atoms with van der Waals surface area (Å²) >= 11 is 6.39. The van der Waals surface area contributed by atoms with Gasteiger partial charge in [-0.05, 0) is 55.2 Å². The fraction of sp³-hybridized carbons (Fsp3) is 0.647. The van der Waals surface area contributed by atoms with Gasteiger partial charge in [-0.1, -0.05) is 44.0 Å². The summed E-state index contributed by atoms with van der Waals surface area (Å²) in [5, 5.41) is 4.61. The largest absolute Gasteiger partial charge is 0.313 e. The maximum atomic E-state index is 6.39. The van der Waals surface area contributed by atoms with Crippen molar-refractivity contribution in [2.75, 3.05) is 6.54 Å². The standard InChI is InChI=1S/C17H26ClN/c1-4-9-17(3,12-19-15-7-8-15)11-14-6-5-13(2)10-16(14)18/h5-6,10,15,19H,4,7-9,11-12H2,1-3H3. The zero-order chi connectivity index (χ0) is 13.9. The quantitative estimate of drug-likeness (QED) is 0.759. The molecular formula is C17H26ClN. The highest BCUT2D eigenvalue weighted by molar-refractivity contribution is 6.31. The van der Waals surface area contributed by atoms with Crippen LogP contribution in [0.2, 0.25) is 5.02 Å². The van der Waals surface area contributed by atoms with E-state index < -0.39 is 0 Å². The van der Waals surface area contributed by atoms with E-state index in [1.807, 2.05) is 0 Å². The van der Waals surface area contributed by atoms with Crippen molar-refractivity contribution in [2.24, 2.45) is 5.41 Å². The van der Waals surface area contributed by atoms with Gasteiger partial charge in [-0.2, -0.15) is 0 Å². The van der Waals surface area contributed by atoms with E-state index in [4.69, 9.17) is 11.6 Å². The Morgan fingerprint density at radius 1 is 1.37 bits per heavy atom. The summed E-state index contributed by atoms with van der Waals surface area (Å²) in [5.74, 6) is 0. The number of hydrogen-bond donors (Lipinski definition) is 1. The summed E-state index contributed by atoms with van der Waals surface area (Å²) in [4.78, 5) is 0. The van der Waals surface area contributed by atoms with Crippen LogP contribution in [0.3, 0.4) is 0 Å². The topological polar surface area (TPSA) is 12.0 Å². The zero-order valence-corrected chi connectivity index (χ0v) is 13.2. The number of hydrogen-bond acceptors (Lipinski definition) is 1. The van der Waals surface area contributed by atoms with E-state index in [0.717, 1.165) is 24.0 Å². The molecule has 1 fully saturated rings. The minimum absolute atomic E-state index is 0.316. The second kappa shape index (κ2) is 6.28. The fourth-order valence-corrected chi connectivity index (χ4v) is 3.08. The van der Waals surface area contributed by atoms with Crippen LogP contribution in [0.4, 0.5) is 0 Å². The van der Waals surface area contributed by atoms with Gasteiger partial charge in [0.2, 0.25) is 0 Å². The van der Waals surface area contributed by atoms with Crippen LogP contribution in [0.25, 0.3) is 0 Å². The van der Waals surface area contributed by atoms with Crippen molar-refractivity contribution >= 4 is 11.6 Å². The second-order valence-electron chi connectivity index (χ2n) is 6.49.